The highest BCUT2D eigenvalue weighted by Crippen LogP contribution is 2.25. The molecule has 1 heterocycles. The molecule has 112 valence electrons. The number of thioether (sulfide) groups is 1. The van der Waals surface area contributed by atoms with Gasteiger partial charge < -0.3 is 15.8 Å². The van der Waals surface area contributed by atoms with Gasteiger partial charge in [0.15, 0.2) is 5.96 Å². The van der Waals surface area contributed by atoms with E-state index in [0.717, 1.165) is 18.0 Å². The van der Waals surface area contributed by atoms with Gasteiger partial charge in [-0.3, -0.25) is 4.99 Å². The molecule has 0 bridgehead atoms. The highest BCUT2D eigenvalue weighted by Gasteiger charge is 2.13. The summed E-state index contributed by atoms with van der Waals surface area (Å²) < 4.78 is 5.17. The van der Waals surface area contributed by atoms with Gasteiger partial charge in [0.2, 0.25) is 0 Å². The first kappa shape index (κ1) is 17.4. The lowest BCUT2D eigenvalue weighted by Gasteiger charge is -2.19. The van der Waals surface area contributed by atoms with Crippen molar-refractivity contribution in [2.75, 3.05) is 24.7 Å². The smallest absolute Gasteiger partial charge is 0.193 e. The van der Waals surface area contributed by atoms with Crippen LogP contribution in [0.4, 0.5) is 5.69 Å². The number of nitrogens with one attached hydrogen (secondary N) is 1. The third-order valence-electron chi connectivity index (χ3n) is 3.08. The number of ether oxygens (including phenoxy) is 1. The Balaban J connectivity index is 0.00000200. The van der Waals surface area contributed by atoms with E-state index >= 15 is 0 Å². The fourth-order valence-corrected chi connectivity index (χ4v) is 3.26. The summed E-state index contributed by atoms with van der Waals surface area (Å²) in [5.74, 6) is 2.53. The topological polar surface area (TPSA) is 59.6 Å². The predicted octanol–water partition coefficient (Wildman–Crippen LogP) is 3.33. The van der Waals surface area contributed by atoms with Gasteiger partial charge in [0.05, 0.1) is 13.7 Å². The molecule has 1 aromatic rings. The van der Waals surface area contributed by atoms with Crippen LogP contribution in [0, 0.1) is 0 Å². The molecule has 1 aliphatic heterocycles. The molecule has 0 radical (unpaired) electrons. The summed E-state index contributed by atoms with van der Waals surface area (Å²) in [6.45, 7) is 0.799. The fraction of sp³-hybridized carbons (Fsp3) is 0.500. The third kappa shape index (κ3) is 5.78. The lowest BCUT2D eigenvalue weighted by atomic mass is 10.2. The number of halogens is 1. The Morgan fingerprint density at radius 3 is 3.05 bits per heavy atom. The van der Waals surface area contributed by atoms with Crippen LogP contribution in [0.15, 0.2) is 29.3 Å². The van der Waals surface area contributed by atoms with E-state index in [1.807, 2.05) is 36.0 Å². The molecule has 0 saturated carbocycles. The van der Waals surface area contributed by atoms with E-state index in [1.54, 1.807) is 7.11 Å². The maximum atomic E-state index is 5.90. The van der Waals surface area contributed by atoms with Crippen LogP contribution < -0.4 is 15.8 Å². The molecule has 0 amide bonds. The van der Waals surface area contributed by atoms with Crippen LogP contribution in [0.1, 0.15) is 19.3 Å². The summed E-state index contributed by atoms with van der Waals surface area (Å²) in [4.78, 5) is 4.42. The van der Waals surface area contributed by atoms with Gasteiger partial charge in [0.1, 0.15) is 5.75 Å². The summed E-state index contributed by atoms with van der Waals surface area (Å²) in [5, 5.41) is 3.72. The first-order valence-corrected chi connectivity index (χ1v) is 7.65. The first-order chi connectivity index (χ1) is 9.28. The minimum Gasteiger partial charge on any atom is -0.497 e. The maximum absolute atomic E-state index is 5.90. The number of guanidine groups is 1. The number of benzene rings is 1. The zero-order valence-electron chi connectivity index (χ0n) is 11.7. The van der Waals surface area contributed by atoms with Crippen molar-refractivity contribution in [3.05, 3.63) is 24.3 Å². The second kappa shape index (κ2) is 9.33. The van der Waals surface area contributed by atoms with Gasteiger partial charge in [-0.1, -0.05) is 12.5 Å². The van der Waals surface area contributed by atoms with Gasteiger partial charge in [-0.15, -0.1) is 24.0 Å². The molecular formula is C14H22IN3OS. The molecule has 0 aliphatic carbocycles. The van der Waals surface area contributed by atoms with Gasteiger partial charge in [-0.2, -0.15) is 11.8 Å². The molecule has 1 atom stereocenters. The Morgan fingerprint density at radius 2 is 2.35 bits per heavy atom. The van der Waals surface area contributed by atoms with Gasteiger partial charge in [0.25, 0.3) is 0 Å². The summed E-state index contributed by atoms with van der Waals surface area (Å²) in [5.41, 5.74) is 6.80. The lowest BCUT2D eigenvalue weighted by molar-refractivity contribution is 0.415. The van der Waals surface area contributed by atoms with E-state index in [9.17, 15) is 0 Å². The number of hydrogen-bond acceptors (Lipinski definition) is 3. The zero-order chi connectivity index (χ0) is 13.5. The SMILES string of the molecule is COc1cccc(NC(N)=NCC2CCCCS2)c1.I. The standard InChI is InChI=1S/C14H21N3OS.HI/c1-18-12-6-4-5-11(9-12)17-14(15)16-10-13-7-2-3-8-19-13;/h4-6,9,13H,2-3,7-8,10H2,1H3,(H3,15,16,17);1H. The van der Waals surface area contributed by atoms with Crippen molar-refractivity contribution in [2.45, 2.75) is 24.5 Å². The maximum Gasteiger partial charge on any atom is 0.193 e. The number of nitrogens with two attached hydrogens (primary N) is 1. The van der Waals surface area contributed by atoms with Crippen LogP contribution >= 0.6 is 35.7 Å². The normalized spacial score (nSPS) is 19.1. The molecule has 1 unspecified atom stereocenters. The Bertz CT molecular complexity index is 436. The molecular weight excluding hydrogens is 385 g/mol. The Kier molecular flexibility index (Phi) is 8.13. The van der Waals surface area contributed by atoms with E-state index in [1.165, 1.54) is 25.0 Å². The van der Waals surface area contributed by atoms with Gasteiger partial charge in [-0.25, -0.2) is 0 Å². The third-order valence-corrected chi connectivity index (χ3v) is 4.46. The zero-order valence-corrected chi connectivity index (χ0v) is 14.8. The van der Waals surface area contributed by atoms with Crippen LogP contribution in [0.3, 0.4) is 0 Å². The summed E-state index contributed by atoms with van der Waals surface area (Å²) in [6.07, 6.45) is 3.90. The minimum atomic E-state index is 0. The first-order valence-electron chi connectivity index (χ1n) is 6.60. The number of methoxy groups -OCH3 is 1. The van der Waals surface area contributed by atoms with Crippen LogP contribution in [-0.4, -0.2) is 30.6 Å². The van der Waals surface area contributed by atoms with E-state index < -0.39 is 0 Å². The molecule has 4 nitrogen and oxygen atoms in total. The molecule has 0 aromatic heterocycles. The van der Waals surface area contributed by atoms with E-state index in [0.29, 0.717) is 11.2 Å². The summed E-state index contributed by atoms with van der Waals surface area (Å²) in [6, 6.07) is 7.67. The van der Waals surface area contributed by atoms with Gasteiger partial charge >= 0.3 is 0 Å². The average molecular weight is 407 g/mol. The van der Waals surface area contributed by atoms with Gasteiger partial charge in [-0.05, 0) is 30.7 Å². The van der Waals surface area contributed by atoms with Crippen LogP contribution in [0.2, 0.25) is 0 Å². The number of anilines is 1. The number of nitrogens with zero attached hydrogens (tertiary/aromatic N) is 1. The predicted molar refractivity (Wildman–Crippen MR) is 98.6 cm³/mol. The Labute approximate surface area is 142 Å². The van der Waals surface area contributed by atoms with Crippen molar-refractivity contribution in [1.82, 2.24) is 0 Å². The van der Waals surface area contributed by atoms with Crippen molar-refractivity contribution < 1.29 is 4.74 Å². The van der Waals surface area contributed by atoms with Gasteiger partial charge in [0, 0.05) is 17.0 Å². The average Bonchev–Trinajstić information content (AvgIpc) is 2.46. The number of hydrogen-bond donors (Lipinski definition) is 2. The van der Waals surface area contributed by atoms with E-state index in [2.05, 4.69) is 10.3 Å². The number of rotatable bonds is 4. The molecule has 1 aromatic carbocycles. The molecule has 1 aliphatic rings. The molecule has 1 fully saturated rings. The van der Waals surface area contributed by atoms with Crippen molar-refractivity contribution >= 4 is 47.4 Å². The minimum absolute atomic E-state index is 0. The monoisotopic (exact) mass is 407 g/mol. The van der Waals surface area contributed by atoms with E-state index in [-0.39, 0.29) is 24.0 Å². The lowest BCUT2D eigenvalue weighted by Crippen LogP contribution is -2.24. The van der Waals surface area contributed by atoms with Crippen LogP contribution in [0.25, 0.3) is 0 Å². The Morgan fingerprint density at radius 1 is 1.50 bits per heavy atom. The second-order valence-corrected chi connectivity index (χ2v) is 5.98. The quantitative estimate of drug-likeness (QED) is 0.457. The fourth-order valence-electron chi connectivity index (χ4n) is 2.04. The molecule has 20 heavy (non-hydrogen) atoms. The highest BCUT2D eigenvalue weighted by molar-refractivity contribution is 14.0. The van der Waals surface area contributed by atoms with Crippen molar-refractivity contribution in [1.29, 1.82) is 0 Å². The van der Waals surface area contributed by atoms with Crippen molar-refractivity contribution in [3.63, 3.8) is 0 Å². The molecule has 6 heteroatoms. The molecule has 0 spiro atoms. The largest absolute Gasteiger partial charge is 0.497 e. The van der Waals surface area contributed by atoms with Crippen molar-refractivity contribution in [2.24, 2.45) is 10.7 Å². The summed E-state index contributed by atoms with van der Waals surface area (Å²) in [7, 11) is 1.65. The number of aliphatic imine (C=N–C) groups is 1. The second-order valence-electron chi connectivity index (χ2n) is 4.57. The van der Waals surface area contributed by atoms with Crippen LogP contribution in [0.5, 0.6) is 5.75 Å². The van der Waals surface area contributed by atoms with E-state index in [4.69, 9.17) is 10.5 Å². The Hall–Kier alpha value is -0.630. The van der Waals surface area contributed by atoms with Crippen LogP contribution in [-0.2, 0) is 0 Å². The highest BCUT2D eigenvalue weighted by atomic mass is 127. The van der Waals surface area contributed by atoms with Crippen molar-refractivity contribution in [3.8, 4) is 5.75 Å². The molecule has 3 N–H and O–H groups in total. The molecule has 1 saturated heterocycles. The summed E-state index contributed by atoms with van der Waals surface area (Å²) >= 11 is 2.01. The molecule has 2 rings (SSSR count).